The van der Waals surface area contributed by atoms with Crippen molar-refractivity contribution in [3.8, 4) is 28.3 Å². The number of nitrogens with zero attached hydrogens (tertiary/aromatic N) is 2. The fraction of sp³-hybridized carbons (Fsp3) is 0.0435. The number of aromatic nitrogens is 2. The van der Waals surface area contributed by atoms with E-state index in [1.54, 1.807) is 29.7 Å². The third kappa shape index (κ3) is 3.71. The van der Waals surface area contributed by atoms with Crippen molar-refractivity contribution in [2.75, 3.05) is 0 Å². The van der Waals surface area contributed by atoms with E-state index in [-0.39, 0.29) is 5.69 Å². The van der Waals surface area contributed by atoms with Crippen molar-refractivity contribution in [3.63, 3.8) is 0 Å². The highest BCUT2D eigenvalue weighted by atomic mass is 35.5. The van der Waals surface area contributed by atoms with Crippen molar-refractivity contribution in [2.24, 2.45) is 0 Å². The van der Waals surface area contributed by atoms with Crippen LogP contribution in [0.25, 0.3) is 28.3 Å². The Bertz CT molecular complexity index is 1240. The van der Waals surface area contributed by atoms with E-state index in [1.807, 2.05) is 60.0 Å². The Morgan fingerprint density at radius 1 is 0.933 bits per heavy atom. The number of nitrogens with one attached hydrogen (secondary N) is 1. The Morgan fingerprint density at radius 2 is 1.63 bits per heavy atom. The maximum atomic E-state index is 12.6. The van der Waals surface area contributed by atoms with E-state index in [9.17, 15) is 10.0 Å². The van der Waals surface area contributed by atoms with E-state index in [2.05, 4.69) is 4.98 Å². The van der Waals surface area contributed by atoms with Crippen LogP contribution in [0.3, 0.4) is 0 Å². The van der Waals surface area contributed by atoms with Crippen molar-refractivity contribution >= 4 is 29.1 Å². The average Bonchev–Trinajstić information content (AvgIpc) is 3.16. The van der Waals surface area contributed by atoms with Crippen LogP contribution in [0.5, 0.6) is 0 Å². The van der Waals surface area contributed by atoms with Crippen LogP contribution in [0.4, 0.5) is 0 Å². The van der Waals surface area contributed by atoms with E-state index >= 15 is 0 Å². The van der Waals surface area contributed by atoms with Crippen molar-refractivity contribution < 1.29 is 10.0 Å². The summed E-state index contributed by atoms with van der Waals surface area (Å²) in [6.45, 7) is 1.95. The smallest absolute Gasteiger partial charge is 0.291 e. The van der Waals surface area contributed by atoms with Gasteiger partial charge in [-0.25, -0.2) is 10.5 Å². The fourth-order valence-corrected chi connectivity index (χ4v) is 3.73. The van der Waals surface area contributed by atoms with E-state index in [0.717, 1.165) is 16.8 Å². The first-order chi connectivity index (χ1) is 14.5. The van der Waals surface area contributed by atoms with Gasteiger partial charge in [0.15, 0.2) is 5.69 Å². The van der Waals surface area contributed by atoms with Gasteiger partial charge < -0.3 is 0 Å². The van der Waals surface area contributed by atoms with Crippen LogP contribution >= 0.6 is 23.2 Å². The number of halogens is 2. The van der Waals surface area contributed by atoms with Gasteiger partial charge in [0.1, 0.15) is 5.82 Å². The van der Waals surface area contributed by atoms with Crippen molar-refractivity contribution in [3.05, 3.63) is 94.1 Å². The molecule has 2 N–H and O–H groups in total. The molecule has 0 radical (unpaired) electrons. The highest BCUT2D eigenvalue weighted by Crippen LogP contribution is 2.36. The van der Waals surface area contributed by atoms with Gasteiger partial charge in [-0.15, -0.1) is 0 Å². The standard InChI is InChI=1S/C23H17Cl2N3O2/c1-14-10-11-18(25)13-19(14)28-21(16-8-5-9-17(24)12-16)20(23(29)27-30)26-22(28)15-6-3-2-4-7-15/h2-13,30H,1H3,(H,27,29). The van der Waals surface area contributed by atoms with Gasteiger partial charge >= 0.3 is 0 Å². The van der Waals surface area contributed by atoms with Crippen molar-refractivity contribution in [2.45, 2.75) is 6.92 Å². The number of imidazole rings is 1. The zero-order valence-corrected chi connectivity index (χ0v) is 17.4. The molecule has 1 amide bonds. The van der Waals surface area contributed by atoms with E-state index in [4.69, 9.17) is 23.2 Å². The predicted molar refractivity (Wildman–Crippen MR) is 118 cm³/mol. The molecule has 30 heavy (non-hydrogen) atoms. The molecule has 0 bridgehead atoms. The van der Waals surface area contributed by atoms with Crippen LogP contribution in [0.15, 0.2) is 72.8 Å². The first kappa shape index (κ1) is 20.2. The molecule has 1 aromatic heterocycles. The Kier molecular flexibility index (Phi) is 5.59. The maximum absolute atomic E-state index is 12.6. The summed E-state index contributed by atoms with van der Waals surface area (Å²) in [4.78, 5) is 17.2. The normalized spacial score (nSPS) is 10.8. The second kappa shape index (κ2) is 8.32. The third-order valence-electron chi connectivity index (χ3n) is 4.74. The molecule has 7 heteroatoms. The largest absolute Gasteiger partial charge is 0.295 e. The first-order valence-electron chi connectivity index (χ1n) is 9.14. The number of amides is 1. The maximum Gasteiger partial charge on any atom is 0.295 e. The van der Waals surface area contributed by atoms with Gasteiger partial charge in [0, 0.05) is 21.2 Å². The van der Waals surface area contributed by atoms with Crippen LogP contribution in [-0.2, 0) is 0 Å². The molecule has 5 nitrogen and oxygen atoms in total. The second-order valence-corrected chi connectivity index (χ2v) is 7.59. The van der Waals surface area contributed by atoms with Gasteiger partial charge in [-0.05, 0) is 36.8 Å². The molecular formula is C23H17Cl2N3O2. The molecule has 0 unspecified atom stereocenters. The summed E-state index contributed by atoms with van der Waals surface area (Å²) >= 11 is 12.5. The Hall–Kier alpha value is -3.12. The number of benzene rings is 3. The molecule has 0 aliphatic rings. The summed E-state index contributed by atoms with van der Waals surface area (Å²) < 4.78 is 1.87. The van der Waals surface area contributed by atoms with Gasteiger partial charge in [-0.1, -0.05) is 71.7 Å². The third-order valence-corrected chi connectivity index (χ3v) is 5.21. The minimum absolute atomic E-state index is 0.0676. The highest BCUT2D eigenvalue weighted by Gasteiger charge is 2.26. The SMILES string of the molecule is Cc1ccc(Cl)cc1-n1c(-c2ccccc2)nc(C(=O)NO)c1-c1cccc(Cl)c1. The van der Waals surface area contributed by atoms with E-state index in [1.165, 1.54) is 0 Å². The topological polar surface area (TPSA) is 67.2 Å². The number of aryl methyl sites for hydroxylation is 1. The molecule has 0 aliphatic heterocycles. The van der Waals surface area contributed by atoms with Crippen molar-refractivity contribution in [1.29, 1.82) is 0 Å². The Labute approximate surface area is 183 Å². The number of rotatable bonds is 4. The zero-order chi connectivity index (χ0) is 21.3. The van der Waals surface area contributed by atoms with Gasteiger partial charge in [0.2, 0.25) is 0 Å². The van der Waals surface area contributed by atoms with Gasteiger partial charge in [0.05, 0.1) is 11.4 Å². The highest BCUT2D eigenvalue weighted by molar-refractivity contribution is 6.31. The summed E-state index contributed by atoms with van der Waals surface area (Å²) in [5.74, 6) is -0.185. The number of hydrogen-bond donors (Lipinski definition) is 2. The number of carbonyl (C=O) groups is 1. The number of hydroxylamine groups is 1. The van der Waals surface area contributed by atoms with Crippen LogP contribution in [0.2, 0.25) is 10.0 Å². The molecular weight excluding hydrogens is 421 g/mol. The molecule has 4 aromatic rings. The second-order valence-electron chi connectivity index (χ2n) is 6.72. The minimum atomic E-state index is -0.722. The zero-order valence-electron chi connectivity index (χ0n) is 15.9. The first-order valence-corrected chi connectivity index (χ1v) is 9.90. The summed E-state index contributed by atoms with van der Waals surface area (Å²) in [6.07, 6.45) is 0. The Morgan fingerprint density at radius 3 is 2.33 bits per heavy atom. The molecule has 0 fully saturated rings. The summed E-state index contributed by atoms with van der Waals surface area (Å²) in [5.41, 5.74) is 5.44. The molecule has 0 atom stereocenters. The molecule has 1 heterocycles. The minimum Gasteiger partial charge on any atom is -0.291 e. The lowest BCUT2D eigenvalue weighted by Gasteiger charge is -2.16. The monoisotopic (exact) mass is 437 g/mol. The van der Waals surface area contributed by atoms with Crippen LogP contribution in [0.1, 0.15) is 16.1 Å². The van der Waals surface area contributed by atoms with Crippen LogP contribution in [-0.4, -0.2) is 20.7 Å². The molecule has 4 rings (SSSR count). The summed E-state index contributed by atoms with van der Waals surface area (Å²) in [7, 11) is 0. The molecule has 0 saturated heterocycles. The fourth-order valence-electron chi connectivity index (χ4n) is 3.37. The van der Waals surface area contributed by atoms with Crippen LogP contribution in [0, 0.1) is 6.92 Å². The molecule has 0 aliphatic carbocycles. The van der Waals surface area contributed by atoms with E-state index < -0.39 is 5.91 Å². The molecule has 3 aromatic carbocycles. The Balaban J connectivity index is 2.15. The molecule has 0 saturated carbocycles. The lowest BCUT2D eigenvalue weighted by Crippen LogP contribution is -2.20. The van der Waals surface area contributed by atoms with Crippen molar-refractivity contribution in [1.82, 2.24) is 15.0 Å². The average molecular weight is 438 g/mol. The predicted octanol–water partition coefficient (Wildman–Crippen LogP) is 5.94. The summed E-state index contributed by atoms with van der Waals surface area (Å²) in [6, 6.07) is 22.2. The van der Waals surface area contributed by atoms with Gasteiger partial charge in [0.25, 0.3) is 5.91 Å². The quantitative estimate of drug-likeness (QED) is 0.306. The molecule has 150 valence electrons. The number of hydrogen-bond acceptors (Lipinski definition) is 3. The van der Waals surface area contributed by atoms with Crippen LogP contribution < -0.4 is 5.48 Å². The lowest BCUT2D eigenvalue weighted by atomic mass is 10.1. The lowest BCUT2D eigenvalue weighted by molar-refractivity contribution is 0.0702. The van der Waals surface area contributed by atoms with Gasteiger partial charge in [-0.3, -0.25) is 14.6 Å². The summed E-state index contributed by atoms with van der Waals surface area (Å²) in [5, 5.41) is 10.4. The number of carbonyl (C=O) groups excluding carboxylic acids is 1. The van der Waals surface area contributed by atoms with Gasteiger partial charge in [-0.2, -0.15) is 0 Å². The van der Waals surface area contributed by atoms with E-state index in [0.29, 0.717) is 27.1 Å². The molecule has 0 spiro atoms.